The molecule has 0 radical (unpaired) electrons. The summed E-state index contributed by atoms with van der Waals surface area (Å²) in [5.41, 5.74) is 0.989. The molecule has 0 bridgehead atoms. The normalized spacial score (nSPS) is 21.5. The molecule has 2 fully saturated rings. The highest BCUT2D eigenvalue weighted by atomic mass is 32.1. The van der Waals surface area contributed by atoms with E-state index in [0.29, 0.717) is 43.1 Å². The maximum atomic E-state index is 13.0. The van der Waals surface area contributed by atoms with Gasteiger partial charge in [0.1, 0.15) is 0 Å². The monoisotopic (exact) mass is 405 g/mol. The standard InChI is InChI=1S/C21H31N3O3S/c1-13(2)10-22-20(25)17-12-24(21(28)23-14-8-9-14)11-16(17)15-6-5-7-18(26-3)19(15)27-4/h5-7,13-14,16-17H,8-12H2,1-4H3,(H,22,25)(H,23,28)/t16-,17+/m1/s1. The van der Waals surface area contributed by atoms with Gasteiger partial charge in [0, 0.05) is 37.2 Å². The number of nitrogens with zero attached hydrogens (tertiary/aromatic N) is 1. The number of hydrogen-bond donors (Lipinski definition) is 2. The van der Waals surface area contributed by atoms with E-state index < -0.39 is 0 Å². The molecule has 0 unspecified atom stereocenters. The van der Waals surface area contributed by atoms with Crippen LogP contribution in [0.25, 0.3) is 0 Å². The van der Waals surface area contributed by atoms with Crippen molar-refractivity contribution in [3.63, 3.8) is 0 Å². The summed E-state index contributed by atoms with van der Waals surface area (Å²) >= 11 is 5.62. The van der Waals surface area contributed by atoms with E-state index in [1.54, 1.807) is 14.2 Å². The first-order valence-corrected chi connectivity index (χ1v) is 10.4. The lowest BCUT2D eigenvalue weighted by Gasteiger charge is -2.22. The molecule has 2 atom stereocenters. The average molecular weight is 406 g/mol. The summed E-state index contributed by atoms with van der Waals surface area (Å²) in [6.07, 6.45) is 2.33. The minimum absolute atomic E-state index is 0.0174. The molecule has 3 rings (SSSR count). The van der Waals surface area contributed by atoms with Crippen LogP contribution >= 0.6 is 12.2 Å². The Hall–Kier alpha value is -2.02. The van der Waals surface area contributed by atoms with Crippen molar-refractivity contribution in [1.82, 2.24) is 15.5 Å². The number of carbonyl (C=O) groups excluding carboxylic acids is 1. The SMILES string of the molecule is COc1cccc([C@H]2CN(C(=S)NC3CC3)C[C@@H]2C(=O)NCC(C)C)c1OC. The quantitative estimate of drug-likeness (QED) is 0.680. The van der Waals surface area contributed by atoms with Crippen LogP contribution in [0, 0.1) is 11.8 Å². The van der Waals surface area contributed by atoms with Crippen molar-refractivity contribution in [2.24, 2.45) is 11.8 Å². The Morgan fingerprint density at radius 3 is 2.61 bits per heavy atom. The number of hydrogen-bond acceptors (Lipinski definition) is 4. The number of para-hydroxylation sites is 1. The molecule has 1 saturated carbocycles. The van der Waals surface area contributed by atoms with Gasteiger partial charge in [-0.15, -0.1) is 0 Å². The fraction of sp³-hybridized carbons (Fsp3) is 0.619. The van der Waals surface area contributed by atoms with Crippen LogP contribution in [0.3, 0.4) is 0 Å². The molecule has 28 heavy (non-hydrogen) atoms. The predicted molar refractivity (Wildman–Crippen MR) is 114 cm³/mol. The zero-order chi connectivity index (χ0) is 20.3. The first-order valence-electron chi connectivity index (χ1n) is 9.98. The average Bonchev–Trinajstić information content (AvgIpc) is 3.39. The van der Waals surface area contributed by atoms with Gasteiger partial charge in [-0.25, -0.2) is 0 Å². The van der Waals surface area contributed by atoms with Crippen LogP contribution in [0.4, 0.5) is 0 Å². The van der Waals surface area contributed by atoms with E-state index in [4.69, 9.17) is 21.7 Å². The second-order valence-corrected chi connectivity index (χ2v) is 8.45. The van der Waals surface area contributed by atoms with Crippen molar-refractivity contribution >= 4 is 23.2 Å². The number of amides is 1. The number of nitrogens with one attached hydrogen (secondary N) is 2. The fourth-order valence-corrected chi connectivity index (χ4v) is 4.00. The Morgan fingerprint density at radius 2 is 2.00 bits per heavy atom. The zero-order valence-corrected chi connectivity index (χ0v) is 18.0. The zero-order valence-electron chi connectivity index (χ0n) is 17.2. The molecule has 1 aliphatic heterocycles. The number of ether oxygens (including phenoxy) is 2. The summed E-state index contributed by atoms with van der Waals surface area (Å²) < 4.78 is 11.1. The summed E-state index contributed by atoms with van der Waals surface area (Å²) in [5, 5.41) is 7.24. The molecule has 1 saturated heterocycles. The number of likely N-dealkylation sites (tertiary alicyclic amines) is 1. The first kappa shape index (κ1) is 20.7. The Labute approximate surface area is 173 Å². The first-order chi connectivity index (χ1) is 13.4. The largest absolute Gasteiger partial charge is 0.493 e. The van der Waals surface area contributed by atoms with Crippen molar-refractivity contribution in [3.05, 3.63) is 23.8 Å². The Balaban J connectivity index is 1.86. The minimum atomic E-state index is -0.196. The van der Waals surface area contributed by atoms with Gasteiger partial charge in [0.05, 0.1) is 20.1 Å². The molecule has 1 aromatic carbocycles. The lowest BCUT2D eigenvalue weighted by molar-refractivity contribution is -0.125. The van der Waals surface area contributed by atoms with Gasteiger partial charge >= 0.3 is 0 Å². The van der Waals surface area contributed by atoms with Gasteiger partial charge in [0.2, 0.25) is 5.91 Å². The van der Waals surface area contributed by atoms with Gasteiger partial charge in [0.15, 0.2) is 16.6 Å². The molecule has 6 nitrogen and oxygen atoms in total. The van der Waals surface area contributed by atoms with Gasteiger partial charge < -0.3 is 25.0 Å². The van der Waals surface area contributed by atoms with Crippen molar-refractivity contribution < 1.29 is 14.3 Å². The number of carbonyl (C=O) groups is 1. The summed E-state index contributed by atoms with van der Waals surface area (Å²) in [6, 6.07) is 6.34. The molecule has 1 aliphatic carbocycles. The molecular formula is C21H31N3O3S. The molecule has 0 aromatic heterocycles. The third-order valence-corrected chi connectivity index (χ3v) is 5.74. The van der Waals surface area contributed by atoms with Crippen LogP contribution in [0.2, 0.25) is 0 Å². The Morgan fingerprint density at radius 1 is 1.25 bits per heavy atom. The fourth-order valence-electron chi connectivity index (χ4n) is 3.68. The summed E-state index contributed by atoms with van der Waals surface area (Å²) in [5.74, 6) is 1.64. The van der Waals surface area contributed by atoms with Crippen molar-refractivity contribution in [2.45, 2.75) is 38.6 Å². The number of thiocarbonyl (C=S) groups is 1. The molecule has 1 aromatic rings. The van der Waals surface area contributed by atoms with E-state index in [9.17, 15) is 4.79 Å². The molecule has 0 spiro atoms. The van der Waals surface area contributed by atoms with Crippen LogP contribution in [0.15, 0.2) is 18.2 Å². The van der Waals surface area contributed by atoms with E-state index in [2.05, 4.69) is 29.4 Å². The summed E-state index contributed by atoms with van der Waals surface area (Å²) in [6.45, 7) is 6.15. The summed E-state index contributed by atoms with van der Waals surface area (Å²) in [7, 11) is 3.27. The van der Waals surface area contributed by atoms with Gasteiger partial charge in [0.25, 0.3) is 0 Å². The molecule has 1 amide bonds. The third-order valence-electron chi connectivity index (χ3n) is 5.37. The predicted octanol–water partition coefficient (Wildman–Crippen LogP) is 2.53. The highest BCUT2D eigenvalue weighted by molar-refractivity contribution is 7.80. The van der Waals surface area contributed by atoms with Crippen molar-refractivity contribution in [3.8, 4) is 11.5 Å². The Bertz CT molecular complexity index is 721. The van der Waals surface area contributed by atoms with Crippen LogP contribution in [-0.2, 0) is 4.79 Å². The highest BCUT2D eigenvalue weighted by Crippen LogP contribution is 2.42. The maximum Gasteiger partial charge on any atom is 0.225 e. The molecule has 2 aliphatic rings. The number of benzene rings is 1. The van der Waals surface area contributed by atoms with Crippen LogP contribution < -0.4 is 20.1 Å². The van der Waals surface area contributed by atoms with Gasteiger partial charge in [-0.3, -0.25) is 4.79 Å². The van der Waals surface area contributed by atoms with E-state index in [1.165, 1.54) is 12.8 Å². The molecule has 7 heteroatoms. The number of rotatable bonds is 7. The maximum absolute atomic E-state index is 13.0. The molecule has 154 valence electrons. The summed E-state index contributed by atoms with van der Waals surface area (Å²) in [4.78, 5) is 15.1. The number of methoxy groups -OCH3 is 2. The third kappa shape index (κ3) is 4.69. The smallest absolute Gasteiger partial charge is 0.225 e. The lowest BCUT2D eigenvalue weighted by atomic mass is 9.87. The van der Waals surface area contributed by atoms with Crippen molar-refractivity contribution in [2.75, 3.05) is 33.9 Å². The second-order valence-electron chi connectivity index (χ2n) is 8.06. The molecule has 2 N–H and O–H groups in total. The van der Waals surface area contributed by atoms with Crippen LogP contribution in [0.1, 0.15) is 38.2 Å². The van der Waals surface area contributed by atoms with E-state index in [-0.39, 0.29) is 17.7 Å². The highest BCUT2D eigenvalue weighted by Gasteiger charge is 2.41. The van der Waals surface area contributed by atoms with Gasteiger partial charge in [-0.05, 0) is 37.0 Å². The topological polar surface area (TPSA) is 62.8 Å². The Kier molecular flexibility index (Phi) is 6.65. The van der Waals surface area contributed by atoms with E-state index in [1.807, 2.05) is 18.2 Å². The van der Waals surface area contributed by atoms with Crippen LogP contribution in [0.5, 0.6) is 11.5 Å². The van der Waals surface area contributed by atoms with Crippen LogP contribution in [-0.4, -0.2) is 55.8 Å². The van der Waals surface area contributed by atoms with Gasteiger partial charge in [-0.1, -0.05) is 26.0 Å². The van der Waals surface area contributed by atoms with Gasteiger partial charge in [-0.2, -0.15) is 0 Å². The second kappa shape index (κ2) is 8.99. The lowest BCUT2D eigenvalue weighted by Crippen LogP contribution is -2.41. The van der Waals surface area contributed by atoms with E-state index >= 15 is 0 Å². The van der Waals surface area contributed by atoms with Crippen molar-refractivity contribution in [1.29, 1.82) is 0 Å². The molecule has 1 heterocycles. The minimum Gasteiger partial charge on any atom is -0.493 e. The van der Waals surface area contributed by atoms with E-state index in [0.717, 1.165) is 10.7 Å². The molecular weight excluding hydrogens is 374 g/mol.